The van der Waals surface area contributed by atoms with Gasteiger partial charge in [0.1, 0.15) is 0 Å². The van der Waals surface area contributed by atoms with Crippen LogP contribution in [-0.4, -0.2) is 29.6 Å². The van der Waals surface area contributed by atoms with Crippen molar-refractivity contribution in [2.45, 2.75) is 25.4 Å². The summed E-state index contributed by atoms with van der Waals surface area (Å²) in [5, 5.41) is 9.85. The van der Waals surface area contributed by atoms with E-state index in [0.29, 0.717) is 40.1 Å². The van der Waals surface area contributed by atoms with Crippen molar-refractivity contribution >= 4 is 52.2 Å². The third-order valence-electron chi connectivity index (χ3n) is 7.83. The maximum atomic E-state index is 13.2. The molecule has 2 aliphatic heterocycles. The minimum absolute atomic E-state index is 0.0315. The smallest absolute Gasteiger partial charge is 0.323 e. The molecule has 1 saturated heterocycles. The zero-order valence-electron chi connectivity index (χ0n) is 22.6. The van der Waals surface area contributed by atoms with Crippen molar-refractivity contribution in [3.8, 4) is 0 Å². The van der Waals surface area contributed by atoms with Crippen molar-refractivity contribution < 1.29 is 9.59 Å². The minimum Gasteiger partial charge on any atom is -0.369 e. The van der Waals surface area contributed by atoms with Gasteiger partial charge < -0.3 is 25.4 Å². The van der Waals surface area contributed by atoms with Crippen molar-refractivity contribution in [2.75, 3.05) is 28.6 Å². The van der Waals surface area contributed by atoms with Crippen LogP contribution in [0.15, 0.2) is 89.7 Å². The fourth-order valence-electron chi connectivity index (χ4n) is 5.88. The number of hydrogen-bond donors (Lipinski definition) is 3. The Hall–Kier alpha value is -4.27. The van der Waals surface area contributed by atoms with Crippen molar-refractivity contribution in [1.29, 1.82) is 0 Å². The Bertz CT molecular complexity index is 1710. The average molecular weight is 603 g/mol. The summed E-state index contributed by atoms with van der Waals surface area (Å²) < 4.78 is 1.89. The summed E-state index contributed by atoms with van der Waals surface area (Å²) in [5.74, 6) is 0.179. The second-order valence-electron chi connectivity index (χ2n) is 10.7. The average Bonchev–Trinajstić information content (AvgIpc) is 2.98. The number of piperidine rings is 1. The van der Waals surface area contributed by atoms with Gasteiger partial charge in [-0.05, 0) is 72.5 Å². The Morgan fingerprint density at radius 3 is 2.48 bits per heavy atom. The number of carbonyl (C=O) groups excluding carboxylic acids is 2. The third kappa shape index (κ3) is 6.00. The van der Waals surface area contributed by atoms with E-state index >= 15 is 0 Å². The SMILES string of the molecule is O=C(Nc1ccc(Cl)cc1)Nc1cc(C(=O)NCc2ccccc2Cl)ccc1N1CC2CC(C1)c1cccc(=O)n1C2. The molecule has 4 aromatic rings. The molecule has 2 bridgehead atoms. The van der Waals surface area contributed by atoms with E-state index in [1.807, 2.05) is 41.0 Å². The molecule has 0 radical (unpaired) electrons. The van der Waals surface area contributed by atoms with E-state index in [1.54, 1.807) is 48.5 Å². The molecule has 0 saturated carbocycles. The monoisotopic (exact) mass is 601 g/mol. The van der Waals surface area contributed by atoms with E-state index in [0.717, 1.165) is 29.9 Å². The molecular weight excluding hydrogens is 573 g/mol. The predicted octanol–water partition coefficient (Wildman–Crippen LogP) is 6.35. The molecule has 0 spiro atoms. The summed E-state index contributed by atoms with van der Waals surface area (Å²) in [7, 11) is 0. The number of nitrogens with zero attached hydrogens (tertiary/aromatic N) is 2. The lowest BCUT2D eigenvalue weighted by molar-refractivity contribution is 0.0951. The third-order valence-corrected chi connectivity index (χ3v) is 8.45. The second-order valence-corrected chi connectivity index (χ2v) is 11.5. The van der Waals surface area contributed by atoms with Gasteiger partial charge in [0.2, 0.25) is 0 Å². The zero-order chi connectivity index (χ0) is 29.2. The summed E-state index contributed by atoms with van der Waals surface area (Å²) in [6, 6.07) is 24.5. The maximum absolute atomic E-state index is 13.2. The van der Waals surface area contributed by atoms with Crippen molar-refractivity contribution in [3.63, 3.8) is 0 Å². The first kappa shape index (κ1) is 27.9. The van der Waals surface area contributed by atoms with Gasteiger partial charge in [-0.2, -0.15) is 0 Å². The van der Waals surface area contributed by atoms with Crippen molar-refractivity contribution in [2.24, 2.45) is 5.92 Å². The van der Waals surface area contributed by atoms with Gasteiger partial charge in [0, 0.05) is 65.2 Å². The molecule has 1 aromatic heterocycles. The lowest BCUT2D eigenvalue weighted by atomic mass is 9.83. The van der Waals surface area contributed by atoms with E-state index in [-0.39, 0.29) is 29.8 Å². The van der Waals surface area contributed by atoms with E-state index < -0.39 is 6.03 Å². The number of hydrogen-bond acceptors (Lipinski definition) is 4. The molecule has 0 aliphatic carbocycles. The standard InChI is InChI=1S/C32H29Cl2N5O3/c33-24-9-11-25(12-10-24)36-32(42)37-27-15-21(31(41)35-16-22-4-1-2-5-26(22)34)8-13-29(27)38-17-20-14-23(19-38)28-6-3-7-30(40)39(28)18-20/h1-13,15,20,23H,14,16-19H2,(H,35,41)(H2,36,37,42). The Kier molecular flexibility index (Phi) is 7.91. The fourth-order valence-corrected chi connectivity index (χ4v) is 6.21. The molecule has 3 N–H and O–H groups in total. The number of urea groups is 1. The van der Waals surface area contributed by atoms with E-state index in [9.17, 15) is 14.4 Å². The van der Waals surface area contributed by atoms with Crippen LogP contribution in [0, 0.1) is 5.92 Å². The van der Waals surface area contributed by atoms with Crippen molar-refractivity contribution in [1.82, 2.24) is 9.88 Å². The number of carbonyl (C=O) groups is 2. The van der Waals surface area contributed by atoms with Gasteiger partial charge in [0.25, 0.3) is 11.5 Å². The van der Waals surface area contributed by atoms with Gasteiger partial charge in [-0.3, -0.25) is 9.59 Å². The first-order chi connectivity index (χ1) is 20.3. The first-order valence-corrected chi connectivity index (χ1v) is 14.5. The van der Waals surface area contributed by atoms with E-state index in [1.165, 1.54) is 0 Å². The number of fused-ring (bicyclic) bond motifs is 4. The summed E-state index contributed by atoms with van der Waals surface area (Å²) in [6.45, 7) is 2.34. The molecule has 2 aliphatic rings. The lowest BCUT2D eigenvalue weighted by Crippen LogP contribution is -2.47. The highest BCUT2D eigenvalue weighted by Gasteiger charge is 2.35. The van der Waals surface area contributed by atoms with Crippen LogP contribution in [0.25, 0.3) is 0 Å². The van der Waals surface area contributed by atoms with Crippen LogP contribution in [-0.2, 0) is 13.1 Å². The Balaban J connectivity index is 1.27. The highest BCUT2D eigenvalue weighted by molar-refractivity contribution is 6.31. The van der Waals surface area contributed by atoms with E-state index in [4.69, 9.17) is 23.2 Å². The van der Waals surface area contributed by atoms with Crippen LogP contribution in [0.2, 0.25) is 10.0 Å². The normalized spacial score (nSPS) is 17.2. The van der Waals surface area contributed by atoms with E-state index in [2.05, 4.69) is 20.9 Å². The lowest BCUT2D eigenvalue weighted by Gasteiger charge is -2.44. The zero-order valence-corrected chi connectivity index (χ0v) is 24.2. The molecule has 1 fully saturated rings. The molecule has 2 atom stereocenters. The summed E-state index contributed by atoms with van der Waals surface area (Å²) >= 11 is 12.2. The van der Waals surface area contributed by atoms with Gasteiger partial charge in [-0.25, -0.2) is 4.79 Å². The maximum Gasteiger partial charge on any atom is 0.323 e. The molecule has 3 amide bonds. The number of amides is 3. The Labute approximate surface area is 253 Å². The fraction of sp³-hybridized carbons (Fsp3) is 0.219. The molecule has 214 valence electrons. The van der Waals surface area contributed by atoms with Crippen LogP contribution in [0.3, 0.4) is 0 Å². The molecule has 3 heterocycles. The molecular formula is C32H29Cl2N5O3. The van der Waals surface area contributed by atoms with Gasteiger partial charge in [0.05, 0.1) is 11.4 Å². The quantitative estimate of drug-likeness (QED) is 0.240. The van der Waals surface area contributed by atoms with Gasteiger partial charge >= 0.3 is 6.03 Å². The Morgan fingerprint density at radius 2 is 1.67 bits per heavy atom. The number of aromatic nitrogens is 1. The van der Waals surface area contributed by atoms with Crippen LogP contribution in [0.5, 0.6) is 0 Å². The number of rotatable bonds is 6. The summed E-state index contributed by atoms with van der Waals surface area (Å²) in [6.07, 6.45) is 1.00. The highest BCUT2D eigenvalue weighted by atomic mass is 35.5. The summed E-state index contributed by atoms with van der Waals surface area (Å²) in [5.41, 5.74) is 4.19. The molecule has 6 rings (SSSR count). The number of pyridine rings is 1. The van der Waals surface area contributed by atoms with Crippen molar-refractivity contribution in [3.05, 3.63) is 122 Å². The largest absolute Gasteiger partial charge is 0.369 e. The first-order valence-electron chi connectivity index (χ1n) is 13.8. The van der Waals surface area contributed by atoms with Crippen LogP contribution < -0.4 is 26.4 Å². The predicted molar refractivity (Wildman–Crippen MR) is 167 cm³/mol. The van der Waals surface area contributed by atoms with Gasteiger partial charge in [-0.15, -0.1) is 0 Å². The number of anilines is 3. The number of nitrogens with one attached hydrogen (secondary N) is 3. The molecule has 3 aromatic carbocycles. The van der Waals surface area contributed by atoms with Crippen LogP contribution >= 0.6 is 23.2 Å². The molecule has 42 heavy (non-hydrogen) atoms. The molecule has 10 heteroatoms. The minimum atomic E-state index is -0.443. The Morgan fingerprint density at radius 1 is 0.857 bits per heavy atom. The van der Waals surface area contributed by atoms with Crippen LogP contribution in [0.1, 0.15) is 34.0 Å². The van der Waals surface area contributed by atoms with Gasteiger partial charge in [-0.1, -0.05) is 47.5 Å². The van der Waals surface area contributed by atoms with Crippen LogP contribution in [0.4, 0.5) is 21.9 Å². The molecule has 8 nitrogen and oxygen atoms in total. The molecule has 2 unspecified atom stereocenters. The highest BCUT2D eigenvalue weighted by Crippen LogP contribution is 2.39. The number of benzene rings is 3. The number of halogens is 2. The second kappa shape index (κ2) is 11.9. The topological polar surface area (TPSA) is 95.5 Å². The van der Waals surface area contributed by atoms with Gasteiger partial charge in [0.15, 0.2) is 0 Å². The summed E-state index contributed by atoms with van der Waals surface area (Å²) in [4.78, 5) is 41.0.